The largest absolute Gasteiger partial charge is 0.486 e. The molecule has 0 saturated heterocycles. The summed E-state index contributed by atoms with van der Waals surface area (Å²) in [4.78, 5) is 22.9. The van der Waals surface area contributed by atoms with Gasteiger partial charge in [0.05, 0.1) is 0 Å². The molecule has 0 heterocycles. The molecule has 1 atom stereocenters. The molecule has 1 unspecified atom stereocenters. The van der Waals surface area contributed by atoms with Crippen molar-refractivity contribution < 1.29 is 32.6 Å². The highest BCUT2D eigenvalue weighted by atomic mass is 19.2. The minimum Gasteiger partial charge on any atom is -0.486 e. The normalized spacial score (nSPS) is 11.8. The van der Waals surface area contributed by atoms with E-state index in [0.29, 0.717) is 29.7 Å². The second kappa shape index (κ2) is 11.5. The Bertz CT molecular complexity index is 1140. The van der Waals surface area contributed by atoms with Crippen molar-refractivity contribution in [3.8, 4) is 16.9 Å². The smallest absolute Gasteiger partial charge is 0.303 e. The van der Waals surface area contributed by atoms with Gasteiger partial charge < -0.3 is 9.84 Å². The second-order valence-electron chi connectivity index (χ2n) is 7.93. The van der Waals surface area contributed by atoms with Crippen LogP contribution in [-0.2, 0) is 4.79 Å². The van der Waals surface area contributed by atoms with Gasteiger partial charge >= 0.3 is 5.97 Å². The molecule has 1 N–H and O–H groups in total. The monoisotopic (exact) mass is 470 g/mol. The number of Topliss-reactive ketones (excluding diaryl/α,β-unsaturated/α-hetero) is 1. The number of carbonyl (C=O) groups excluding carboxylic acids is 1. The molecule has 0 aliphatic heterocycles. The maximum absolute atomic E-state index is 14.1. The molecule has 0 fully saturated rings. The Morgan fingerprint density at radius 2 is 1.56 bits per heavy atom. The van der Waals surface area contributed by atoms with Crippen molar-refractivity contribution in [1.82, 2.24) is 0 Å². The molecule has 0 bridgehead atoms. The third-order valence-electron chi connectivity index (χ3n) is 5.43. The van der Waals surface area contributed by atoms with Gasteiger partial charge in [-0.3, -0.25) is 9.59 Å². The average Bonchev–Trinajstić information content (AvgIpc) is 2.83. The van der Waals surface area contributed by atoms with Crippen molar-refractivity contribution in [1.29, 1.82) is 0 Å². The van der Waals surface area contributed by atoms with Crippen LogP contribution in [0, 0.1) is 17.5 Å². The molecule has 4 nitrogen and oxygen atoms in total. The number of carboxylic acids is 1. The number of carbonyl (C=O) groups is 2. The Kier molecular flexibility index (Phi) is 8.46. The Balaban J connectivity index is 1.71. The molecule has 0 aromatic heterocycles. The molecule has 0 saturated carbocycles. The van der Waals surface area contributed by atoms with Crippen LogP contribution >= 0.6 is 0 Å². The number of aliphatic carboxylic acids is 1. The number of benzene rings is 3. The van der Waals surface area contributed by atoms with Crippen LogP contribution in [0.3, 0.4) is 0 Å². The fraction of sp³-hybridized carbons (Fsp3) is 0.259. The van der Waals surface area contributed by atoms with E-state index >= 15 is 0 Å². The first-order chi connectivity index (χ1) is 16.3. The molecule has 34 heavy (non-hydrogen) atoms. The Morgan fingerprint density at radius 3 is 2.18 bits per heavy atom. The number of ether oxygens (including phenoxy) is 1. The van der Waals surface area contributed by atoms with Crippen LogP contribution in [-0.4, -0.2) is 16.9 Å². The van der Waals surface area contributed by atoms with Gasteiger partial charge in [-0.2, -0.15) is 0 Å². The summed E-state index contributed by atoms with van der Waals surface area (Å²) in [6.07, 6.45) is 1.70. The number of carboxylic acid groups (broad SMARTS) is 1. The van der Waals surface area contributed by atoms with E-state index in [9.17, 15) is 22.8 Å². The van der Waals surface area contributed by atoms with Crippen molar-refractivity contribution in [2.45, 2.75) is 45.1 Å². The number of rotatable bonds is 11. The highest BCUT2D eigenvalue weighted by Crippen LogP contribution is 2.30. The summed E-state index contributed by atoms with van der Waals surface area (Å²) in [5.74, 6) is -4.50. The van der Waals surface area contributed by atoms with Gasteiger partial charge in [0, 0.05) is 24.0 Å². The van der Waals surface area contributed by atoms with Crippen molar-refractivity contribution >= 4 is 11.8 Å². The molecule has 0 spiro atoms. The molecular formula is C27H25F3O4. The van der Waals surface area contributed by atoms with Gasteiger partial charge in [-0.05, 0) is 48.2 Å². The van der Waals surface area contributed by atoms with E-state index in [2.05, 4.69) is 0 Å². The van der Waals surface area contributed by atoms with E-state index in [1.165, 1.54) is 6.07 Å². The summed E-state index contributed by atoms with van der Waals surface area (Å²) in [5.41, 5.74) is 1.74. The summed E-state index contributed by atoms with van der Waals surface area (Å²) in [6, 6.07) is 15.5. The summed E-state index contributed by atoms with van der Waals surface area (Å²) in [7, 11) is 0. The average molecular weight is 470 g/mol. The van der Waals surface area contributed by atoms with Gasteiger partial charge in [0.15, 0.2) is 23.2 Å². The van der Waals surface area contributed by atoms with E-state index in [1.54, 1.807) is 36.4 Å². The number of hydrogen-bond acceptors (Lipinski definition) is 3. The van der Waals surface area contributed by atoms with E-state index in [0.717, 1.165) is 18.1 Å². The highest BCUT2D eigenvalue weighted by Gasteiger charge is 2.17. The molecule has 0 aliphatic rings. The van der Waals surface area contributed by atoms with Crippen LogP contribution in [0.15, 0.2) is 60.7 Å². The molecule has 3 aromatic carbocycles. The maximum Gasteiger partial charge on any atom is 0.303 e. The number of ketones is 1. The van der Waals surface area contributed by atoms with Gasteiger partial charge in [-0.25, -0.2) is 13.2 Å². The Morgan fingerprint density at radius 1 is 0.882 bits per heavy atom. The van der Waals surface area contributed by atoms with Crippen LogP contribution in [0.2, 0.25) is 0 Å². The highest BCUT2D eigenvalue weighted by molar-refractivity contribution is 5.96. The quantitative estimate of drug-likeness (QED) is 0.239. The van der Waals surface area contributed by atoms with Gasteiger partial charge in [-0.15, -0.1) is 0 Å². The standard InChI is InChI=1S/C27H25F3O4/c1-2-4-24(19-9-7-18(8-10-19)23(31)5-3-6-25(32)33)34-20-13-11-17(12-14-20)21-15-16-22(28)27(30)26(21)29/h7-16,24H,2-6H2,1H3,(H,32,33). The van der Waals surface area contributed by atoms with Crippen LogP contribution in [0.1, 0.15) is 61.1 Å². The Hall–Kier alpha value is -3.61. The summed E-state index contributed by atoms with van der Waals surface area (Å²) in [5, 5.41) is 8.70. The van der Waals surface area contributed by atoms with Crippen LogP contribution in [0.4, 0.5) is 13.2 Å². The minimum absolute atomic E-state index is 0.0424. The van der Waals surface area contributed by atoms with E-state index in [-0.39, 0.29) is 30.3 Å². The van der Waals surface area contributed by atoms with Gasteiger partial charge in [0.25, 0.3) is 0 Å². The lowest BCUT2D eigenvalue weighted by Crippen LogP contribution is -2.08. The summed E-state index contributed by atoms with van der Waals surface area (Å²) < 4.78 is 46.9. The first-order valence-corrected chi connectivity index (χ1v) is 11.1. The van der Waals surface area contributed by atoms with E-state index < -0.39 is 23.4 Å². The van der Waals surface area contributed by atoms with Crippen molar-refractivity contribution in [2.24, 2.45) is 0 Å². The van der Waals surface area contributed by atoms with E-state index in [4.69, 9.17) is 9.84 Å². The topological polar surface area (TPSA) is 63.6 Å². The molecular weight excluding hydrogens is 445 g/mol. The van der Waals surface area contributed by atoms with Crippen molar-refractivity contribution in [3.05, 3.63) is 89.2 Å². The van der Waals surface area contributed by atoms with Crippen LogP contribution in [0.5, 0.6) is 5.75 Å². The third-order valence-corrected chi connectivity index (χ3v) is 5.43. The molecule has 7 heteroatoms. The van der Waals surface area contributed by atoms with Gasteiger partial charge in [0.1, 0.15) is 11.9 Å². The molecule has 0 aliphatic carbocycles. The molecule has 3 aromatic rings. The van der Waals surface area contributed by atoms with E-state index in [1.807, 2.05) is 19.1 Å². The lowest BCUT2D eigenvalue weighted by molar-refractivity contribution is -0.137. The number of halogens is 3. The van der Waals surface area contributed by atoms with Gasteiger partial charge in [0.2, 0.25) is 0 Å². The SMILES string of the molecule is CCCC(Oc1ccc(-c2ccc(F)c(F)c2F)cc1)c1ccc(C(=O)CCCC(=O)O)cc1. The zero-order valence-corrected chi connectivity index (χ0v) is 18.7. The molecule has 0 radical (unpaired) electrons. The predicted octanol–water partition coefficient (Wildman–Crippen LogP) is 7.13. The first-order valence-electron chi connectivity index (χ1n) is 11.1. The van der Waals surface area contributed by atoms with Crippen LogP contribution in [0.25, 0.3) is 11.1 Å². The molecule has 3 rings (SSSR count). The fourth-order valence-electron chi connectivity index (χ4n) is 3.61. The predicted molar refractivity (Wildman–Crippen MR) is 122 cm³/mol. The van der Waals surface area contributed by atoms with Crippen LogP contribution < -0.4 is 4.74 Å². The van der Waals surface area contributed by atoms with Gasteiger partial charge in [-0.1, -0.05) is 49.7 Å². The fourth-order valence-corrected chi connectivity index (χ4v) is 3.61. The first kappa shape index (κ1) is 25.0. The number of hydrogen-bond donors (Lipinski definition) is 1. The van der Waals surface area contributed by atoms with Crippen molar-refractivity contribution in [2.75, 3.05) is 0 Å². The molecule has 178 valence electrons. The summed E-state index contributed by atoms with van der Waals surface area (Å²) >= 11 is 0. The lowest BCUT2D eigenvalue weighted by Gasteiger charge is -2.20. The Labute approximate surface area is 196 Å². The summed E-state index contributed by atoms with van der Waals surface area (Å²) in [6.45, 7) is 2.02. The lowest BCUT2D eigenvalue weighted by atomic mass is 10.00. The molecule has 0 amide bonds. The maximum atomic E-state index is 14.1. The zero-order valence-electron chi connectivity index (χ0n) is 18.7. The minimum atomic E-state index is -1.51. The van der Waals surface area contributed by atoms with Crippen molar-refractivity contribution in [3.63, 3.8) is 0 Å². The zero-order chi connectivity index (χ0) is 24.7. The second-order valence-corrected chi connectivity index (χ2v) is 7.93. The third kappa shape index (κ3) is 6.25.